The molecule has 3 aromatic rings. The van der Waals surface area contributed by atoms with Crippen molar-refractivity contribution in [1.82, 2.24) is 14.5 Å². The summed E-state index contributed by atoms with van der Waals surface area (Å²) >= 11 is 6.17. The predicted octanol–water partition coefficient (Wildman–Crippen LogP) is 3.39. The number of aryl methyl sites for hydroxylation is 3. The summed E-state index contributed by atoms with van der Waals surface area (Å²) in [6.07, 6.45) is 0. The first kappa shape index (κ1) is 10.5. The van der Waals surface area contributed by atoms with Gasteiger partial charge in [0.15, 0.2) is 5.15 Å². The van der Waals surface area contributed by atoms with E-state index in [0.29, 0.717) is 5.15 Å². The van der Waals surface area contributed by atoms with Crippen LogP contribution < -0.4 is 0 Å². The van der Waals surface area contributed by atoms with Crippen molar-refractivity contribution in [2.24, 2.45) is 7.05 Å². The molecule has 0 fully saturated rings. The Hall–Kier alpha value is -1.61. The lowest BCUT2D eigenvalue weighted by Gasteiger charge is -2.04. The van der Waals surface area contributed by atoms with Gasteiger partial charge in [-0.15, -0.1) is 0 Å². The summed E-state index contributed by atoms with van der Waals surface area (Å²) in [6, 6.07) is 6.17. The molecule has 0 spiro atoms. The molecular weight excluding hydrogens is 234 g/mol. The van der Waals surface area contributed by atoms with Crippen LogP contribution in [0.15, 0.2) is 18.2 Å². The van der Waals surface area contributed by atoms with Crippen LogP contribution in [0, 0.1) is 13.8 Å². The van der Waals surface area contributed by atoms with Crippen molar-refractivity contribution in [3.63, 3.8) is 0 Å². The molecule has 0 aliphatic carbocycles. The first-order valence-corrected chi connectivity index (χ1v) is 5.84. The largest absolute Gasteiger partial charge is 0.331 e. The third kappa shape index (κ3) is 1.42. The Balaban J connectivity index is 2.64. The number of halogens is 1. The summed E-state index contributed by atoms with van der Waals surface area (Å²) in [4.78, 5) is 8.85. The van der Waals surface area contributed by atoms with Crippen molar-refractivity contribution < 1.29 is 0 Å². The normalized spacial score (nSPS) is 11.5. The second kappa shape index (κ2) is 3.44. The van der Waals surface area contributed by atoms with E-state index in [9.17, 15) is 0 Å². The van der Waals surface area contributed by atoms with Gasteiger partial charge in [0.05, 0.1) is 11.0 Å². The summed E-state index contributed by atoms with van der Waals surface area (Å²) in [5, 5.41) is 1.58. The van der Waals surface area contributed by atoms with E-state index in [1.165, 1.54) is 5.56 Å². The second-order valence-corrected chi connectivity index (χ2v) is 4.70. The highest BCUT2D eigenvalue weighted by Gasteiger charge is 2.13. The van der Waals surface area contributed by atoms with Crippen LogP contribution in [-0.4, -0.2) is 14.5 Å². The molecule has 0 saturated heterocycles. The Labute approximate surface area is 104 Å². The SMILES string of the molecule is Cc1ccc2nc(Cl)c3nc(C)n(C)c3c2c1. The molecule has 2 heterocycles. The number of aromatic nitrogens is 3. The second-order valence-electron chi connectivity index (χ2n) is 4.34. The van der Waals surface area contributed by atoms with Crippen molar-refractivity contribution in [1.29, 1.82) is 0 Å². The van der Waals surface area contributed by atoms with E-state index in [1.807, 2.05) is 26.1 Å². The van der Waals surface area contributed by atoms with Gasteiger partial charge in [-0.1, -0.05) is 23.2 Å². The Kier molecular flexibility index (Phi) is 2.13. The fourth-order valence-corrected chi connectivity index (χ4v) is 2.38. The lowest BCUT2D eigenvalue weighted by atomic mass is 10.1. The van der Waals surface area contributed by atoms with Crippen LogP contribution in [0.5, 0.6) is 0 Å². The van der Waals surface area contributed by atoms with Crippen LogP contribution in [-0.2, 0) is 7.05 Å². The minimum Gasteiger partial charge on any atom is -0.331 e. The zero-order valence-electron chi connectivity index (χ0n) is 9.95. The maximum absolute atomic E-state index is 6.17. The molecule has 2 aromatic heterocycles. The number of benzene rings is 1. The molecule has 3 rings (SSSR count). The summed E-state index contributed by atoms with van der Waals surface area (Å²) in [7, 11) is 2.00. The van der Waals surface area contributed by atoms with Gasteiger partial charge in [0.2, 0.25) is 0 Å². The maximum Gasteiger partial charge on any atom is 0.157 e. The molecule has 0 atom stereocenters. The highest BCUT2D eigenvalue weighted by Crippen LogP contribution is 2.29. The summed E-state index contributed by atoms with van der Waals surface area (Å²) in [5.41, 5.74) is 3.96. The van der Waals surface area contributed by atoms with Gasteiger partial charge in [-0.05, 0) is 26.0 Å². The van der Waals surface area contributed by atoms with Crippen molar-refractivity contribution in [3.8, 4) is 0 Å². The molecule has 1 aromatic carbocycles. The van der Waals surface area contributed by atoms with Gasteiger partial charge in [0, 0.05) is 12.4 Å². The molecule has 0 bridgehead atoms. The minimum absolute atomic E-state index is 0.472. The van der Waals surface area contributed by atoms with E-state index in [0.717, 1.165) is 27.8 Å². The molecule has 0 saturated carbocycles. The number of nitrogens with zero attached hydrogens (tertiary/aromatic N) is 3. The Morgan fingerprint density at radius 2 is 1.94 bits per heavy atom. The van der Waals surface area contributed by atoms with Crippen molar-refractivity contribution >= 4 is 33.5 Å². The molecule has 0 unspecified atom stereocenters. The number of hydrogen-bond acceptors (Lipinski definition) is 2. The number of rotatable bonds is 0. The molecule has 17 heavy (non-hydrogen) atoms. The van der Waals surface area contributed by atoms with Crippen LogP contribution in [0.2, 0.25) is 5.15 Å². The van der Waals surface area contributed by atoms with Crippen molar-refractivity contribution in [2.75, 3.05) is 0 Å². The zero-order chi connectivity index (χ0) is 12.2. The van der Waals surface area contributed by atoms with Crippen molar-refractivity contribution in [3.05, 3.63) is 34.7 Å². The van der Waals surface area contributed by atoms with Gasteiger partial charge < -0.3 is 4.57 Å². The van der Waals surface area contributed by atoms with Crippen LogP contribution in [0.3, 0.4) is 0 Å². The summed E-state index contributed by atoms with van der Waals surface area (Å²) in [5.74, 6) is 0.942. The third-order valence-corrected chi connectivity index (χ3v) is 3.40. The fourth-order valence-electron chi connectivity index (χ4n) is 2.16. The van der Waals surface area contributed by atoms with Crippen LogP contribution in [0.1, 0.15) is 11.4 Å². The van der Waals surface area contributed by atoms with E-state index in [4.69, 9.17) is 11.6 Å². The van der Waals surface area contributed by atoms with Gasteiger partial charge >= 0.3 is 0 Å². The smallest absolute Gasteiger partial charge is 0.157 e. The average Bonchev–Trinajstić information content (AvgIpc) is 2.58. The van der Waals surface area contributed by atoms with E-state index in [2.05, 4.69) is 27.5 Å². The Bertz CT molecular complexity index is 743. The van der Waals surface area contributed by atoms with Gasteiger partial charge in [0.25, 0.3) is 0 Å². The van der Waals surface area contributed by atoms with E-state index in [-0.39, 0.29) is 0 Å². The number of fused-ring (bicyclic) bond motifs is 3. The third-order valence-electron chi connectivity index (χ3n) is 3.14. The molecule has 0 aliphatic heterocycles. The molecule has 86 valence electrons. The predicted molar refractivity (Wildman–Crippen MR) is 70.5 cm³/mol. The van der Waals surface area contributed by atoms with Gasteiger partial charge in [0.1, 0.15) is 11.3 Å². The molecule has 0 aliphatic rings. The van der Waals surface area contributed by atoms with Gasteiger partial charge in [-0.2, -0.15) is 0 Å². The average molecular weight is 246 g/mol. The lowest BCUT2D eigenvalue weighted by Crippen LogP contribution is -1.92. The Morgan fingerprint density at radius 3 is 2.71 bits per heavy atom. The fraction of sp³-hybridized carbons (Fsp3) is 0.231. The lowest BCUT2D eigenvalue weighted by molar-refractivity contribution is 0.888. The van der Waals surface area contributed by atoms with Crippen LogP contribution in [0.25, 0.3) is 21.9 Å². The van der Waals surface area contributed by atoms with Gasteiger partial charge in [-0.25, -0.2) is 9.97 Å². The highest BCUT2D eigenvalue weighted by molar-refractivity contribution is 6.35. The number of pyridine rings is 1. The molecular formula is C13H12ClN3. The molecule has 0 N–H and O–H groups in total. The quantitative estimate of drug-likeness (QED) is 0.569. The highest BCUT2D eigenvalue weighted by atomic mass is 35.5. The zero-order valence-corrected chi connectivity index (χ0v) is 10.7. The van der Waals surface area contributed by atoms with E-state index >= 15 is 0 Å². The number of hydrogen-bond donors (Lipinski definition) is 0. The van der Waals surface area contributed by atoms with Crippen LogP contribution in [0.4, 0.5) is 0 Å². The first-order valence-electron chi connectivity index (χ1n) is 5.47. The molecule has 0 amide bonds. The summed E-state index contributed by atoms with van der Waals surface area (Å²) < 4.78 is 2.06. The number of imidazole rings is 1. The standard InChI is InChI=1S/C13H12ClN3/c1-7-4-5-10-9(6-7)12-11(13(14)16-10)15-8(2)17(12)3/h4-6H,1-3H3. The first-order chi connectivity index (χ1) is 8.08. The summed E-state index contributed by atoms with van der Waals surface area (Å²) in [6.45, 7) is 4.04. The Morgan fingerprint density at radius 1 is 1.18 bits per heavy atom. The van der Waals surface area contributed by atoms with Crippen molar-refractivity contribution in [2.45, 2.75) is 13.8 Å². The monoisotopic (exact) mass is 245 g/mol. The maximum atomic E-state index is 6.17. The molecule has 3 nitrogen and oxygen atoms in total. The van der Waals surface area contributed by atoms with Crippen LogP contribution >= 0.6 is 11.6 Å². The minimum atomic E-state index is 0.472. The van der Waals surface area contributed by atoms with E-state index < -0.39 is 0 Å². The van der Waals surface area contributed by atoms with E-state index in [1.54, 1.807) is 0 Å². The topological polar surface area (TPSA) is 30.7 Å². The van der Waals surface area contributed by atoms with Gasteiger partial charge in [-0.3, -0.25) is 0 Å². The molecule has 0 radical (unpaired) electrons. The molecule has 4 heteroatoms.